The first-order valence-electron chi connectivity index (χ1n) is 7.23. The van der Waals surface area contributed by atoms with Gasteiger partial charge >= 0.3 is 0 Å². The lowest BCUT2D eigenvalue weighted by Crippen LogP contribution is -2.28. The number of rotatable bonds is 4. The molecular formula is C16H10BrClN4O4. The number of aromatic nitrogens is 2. The fourth-order valence-electron chi connectivity index (χ4n) is 2.31. The second-order valence-electron chi connectivity index (χ2n) is 5.31. The van der Waals surface area contributed by atoms with Gasteiger partial charge in [-0.3, -0.25) is 24.3 Å². The van der Waals surface area contributed by atoms with Gasteiger partial charge in [0.1, 0.15) is 6.54 Å². The molecule has 0 spiro atoms. The topological polar surface area (TPSA) is 107 Å². The molecular weight excluding hydrogens is 428 g/mol. The van der Waals surface area contributed by atoms with Gasteiger partial charge in [0.05, 0.1) is 32.9 Å². The third kappa shape index (κ3) is 3.73. The molecule has 10 heteroatoms. The Morgan fingerprint density at radius 1 is 1.31 bits per heavy atom. The van der Waals surface area contributed by atoms with Crippen molar-refractivity contribution in [2.45, 2.75) is 6.54 Å². The summed E-state index contributed by atoms with van der Waals surface area (Å²) in [4.78, 5) is 38.9. The molecule has 26 heavy (non-hydrogen) atoms. The number of hydrogen-bond donors (Lipinski definition) is 1. The van der Waals surface area contributed by atoms with Crippen LogP contribution in [0.15, 0.2) is 52.0 Å². The third-order valence-electron chi connectivity index (χ3n) is 3.54. The molecule has 2 aromatic carbocycles. The number of nitrogens with zero attached hydrogens (tertiary/aromatic N) is 3. The first kappa shape index (κ1) is 18.0. The molecule has 0 bridgehead atoms. The van der Waals surface area contributed by atoms with Gasteiger partial charge in [-0.2, -0.15) is 0 Å². The van der Waals surface area contributed by atoms with Gasteiger partial charge in [-0.15, -0.1) is 0 Å². The summed E-state index contributed by atoms with van der Waals surface area (Å²) in [5, 5.41) is 13.9. The Balaban J connectivity index is 1.85. The van der Waals surface area contributed by atoms with E-state index in [4.69, 9.17) is 11.6 Å². The Hall–Kier alpha value is -2.78. The van der Waals surface area contributed by atoms with Crippen molar-refractivity contribution in [3.05, 3.63) is 72.7 Å². The van der Waals surface area contributed by atoms with Crippen molar-refractivity contribution in [1.82, 2.24) is 9.55 Å². The van der Waals surface area contributed by atoms with Crippen LogP contribution in [0.5, 0.6) is 0 Å². The number of halogens is 2. The molecule has 8 nitrogen and oxygen atoms in total. The summed E-state index contributed by atoms with van der Waals surface area (Å²) < 4.78 is 1.89. The lowest BCUT2D eigenvalue weighted by atomic mass is 10.2. The molecule has 0 saturated heterocycles. The molecule has 0 saturated carbocycles. The SMILES string of the molecule is O=C(Cn1cnc2cc([N+](=O)[O-])ccc2c1=O)Nc1ccc(Br)cc1Cl. The van der Waals surface area contributed by atoms with Crippen LogP contribution in [-0.4, -0.2) is 20.4 Å². The van der Waals surface area contributed by atoms with Crippen LogP contribution in [0.2, 0.25) is 5.02 Å². The van der Waals surface area contributed by atoms with Gasteiger partial charge in [-0.25, -0.2) is 4.98 Å². The highest BCUT2D eigenvalue weighted by molar-refractivity contribution is 9.10. The van der Waals surface area contributed by atoms with E-state index >= 15 is 0 Å². The summed E-state index contributed by atoms with van der Waals surface area (Å²) in [5.74, 6) is -0.459. The van der Waals surface area contributed by atoms with Crippen LogP contribution >= 0.6 is 27.5 Å². The average Bonchev–Trinajstić information content (AvgIpc) is 2.59. The van der Waals surface area contributed by atoms with Crippen molar-refractivity contribution < 1.29 is 9.72 Å². The third-order valence-corrected chi connectivity index (χ3v) is 4.34. The van der Waals surface area contributed by atoms with E-state index in [0.717, 1.165) is 9.04 Å². The Kier molecular flexibility index (Phi) is 5.01. The average molecular weight is 438 g/mol. The monoisotopic (exact) mass is 436 g/mol. The summed E-state index contributed by atoms with van der Waals surface area (Å²) >= 11 is 9.32. The number of nitro groups is 1. The maximum atomic E-state index is 12.4. The molecule has 0 radical (unpaired) electrons. The minimum atomic E-state index is -0.567. The van der Waals surface area contributed by atoms with Crippen molar-refractivity contribution in [2.75, 3.05) is 5.32 Å². The number of nitro benzene ring substituents is 1. The van der Waals surface area contributed by atoms with Crippen molar-refractivity contribution >= 4 is 55.7 Å². The lowest BCUT2D eigenvalue weighted by Gasteiger charge is -2.09. The molecule has 1 amide bonds. The number of non-ortho nitro benzene ring substituents is 1. The molecule has 1 N–H and O–H groups in total. The molecule has 1 heterocycles. The molecule has 0 aliphatic heterocycles. The minimum absolute atomic E-state index is 0.162. The Labute approximate surface area is 159 Å². The summed E-state index contributed by atoms with van der Waals surface area (Å²) in [6.07, 6.45) is 1.18. The molecule has 0 aliphatic rings. The van der Waals surface area contributed by atoms with E-state index in [2.05, 4.69) is 26.2 Å². The highest BCUT2D eigenvalue weighted by Crippen LogP contribution is 2.25. The molecule has 1 aromatic heterocycles. The maximum Gasteiger partial charge on any atom is 0.271 e. The fourth-order valence-corrected chi connectivity index (χ4v) is 3.03. The molecule has 132 valence electrons. The first-order valence-corrected chi connectivity index (χ1v) is 8.41. The van der Waals surface area contributed by atoms with Crippen LogP contribution < -0.4 is 10.9 Å². The lowest BCUT2D eigenvalue weighted by molar-refractivity contribution is -0.384. The van der Waals surface area contributed by atoms with Gasteiger partial charge in [-0.05, 0) is 24.3 Å². The molecule has 0 atom stereocenters. The van der Waals surface area contributed by atoms with E-state index in [1.807, 2.05) is 0 Å². The normalized spacial score (nSPS) is 10.7. The zero-order valence-electron chi connectivity index (χ0n) is 13.0. The first-order chi connectivity index (χ1) is 12.3. The van der Waals surface area contributed by atoms with Crippen LogP contribution in [0.4, 0.5) is 11.4 Å². The van der Waals surface area contributed by atoms with Crippen molar-refractivity contribution in [3.63, 3.8) is 0 Å². The smallest absolute Gasteiger partial charge is 0.271 e. The predicted molar refractivity (Wildman–Crippen MR) is 100 cm³/mol. The van der Waals surface area contributed by atoms with Crippen LogP contribution in [0, 0.1) is 10.1 Å². The Morgan fingerprint density at radius 2 is 2.08 bits per heavy atom. The van der Waals surface area contributed by atoms with Gasteiger partial charge in [0.25, 0.3) is 11.2 Å². The van der Waals surface area contributed by atoms with Gasteiger partial charge in [0.2, 0.25) is 5.91 Å². The highest BCUT2D eigenvalue weighted by atomic mass is 79.9. The van der Waals surface area contributed by atoms with Crippen LogP contribution in [-0.2, 0) is 11.3 Å². The van der Waals surface area contributed by atoms with E-state index in [-0.39, 0.29) is 23.1 Å². The minimum Gasteiger partial charge on any atom is -0.323 e. The van der Waals surface area contributed by atoms with Crippen molar-refractivity contribution in [3.8, 4) is 0 Å². The van der Waals surface area contributed by atoms with E-state index in [1.165, 1.54) is 24.5 Å². The second-order valence-corrected chi connectivity index (χ2v) is 6.63. The van der Waals surface area contributed by atoms with E-state index in [9.17, 15) is 19.7 Å². The number of carbonyl (C=O) groups is 1. The van der Waals surface area contributed by atoms with Crippen LogP contribution in [0.1, 0.15) is 0 Å². The standard InChI is InChI=1S/C16H10BrClN4O4/c17-9-1-4-13(12(18)5-9)20-15(23)7-21-8-19-14-6-10(22(25)26)2-3-11(14)16(21)24/h1-6,8H,7H2,(H,20,23). The van der Waals surface area contributed by atoms with Crippen molar-refractivity contribution in [1.29, 1.82) is 0 Å². The summed E-state index contributed by atoms with van der Waals surface area (Å²) in [5.41, 5.74) is -0.0270. The number of nitrogens with one attached hydrogen (secondary N) is 1. The quantitative estimate of drug-likeness (QED) is 0.497. The summed E-state index contributed by atoms with van der Waals surface area (Å²) in [7, 11) is 0. The van der Waals surface area contributed by atoms with Gasteiger partial charge in [0.15, 0.2) is 0 Å². The van der Waals surface area contributed by atoms with Crippen LogP contribution in [0.25, 0.3) is 10.9 Å². The number of carbonyl (C=O) groups excluding carboxylic acids is 1. The van der Waals surface area contributed by atoms with Gasteiger partial charge in [0, 0.05) is 16.6 Å². The van der Waals surface area contributed by atoms with E-state index < -0.39 is 16.4 Å². The Morgan fingerprint density at radius 3 is 2.77 bits per heavy atom. The largest absolute Gasteiger partial charge is 0.323 e. The molecule has 0 unspecified atom stereocenters. The number of amides is 1. The maximum absolute atomic E-state index is 12.4. The van der Waals surface area contributed by atoms with Gasteiger partial charge < -0.3 is 5.32 Å². The summed E-state index contributed by atoms with van der Waals surface area (Å²) in [6.45, 7) is -0.273. The second kappa shape index (κ2) is 7.22. The number of benzene rings is 2. The number of anilines is 1. The van der Waals surface area contributed by atoms with Crippen molar-refractivity contribution in [2.24, 2.45) is 0 Å². The highest BCUT2D eigenvalue weighted by Gasteiger charge is 2.13. The van der Waals surface area contributed by atoms with Crippen LogP contribution in [0.3, 0.4) is 0 Å². The zero-order chi connectivity index (χ0) is 18.8. The molecule has 3 rings (SSSR count). The van der Waals surface area contributed by atoms with E-state index in [1.54, 1.807) is 18.2 Å². The Bertz CT molecular complexity index is 1100. The van der Waals surface area contributed by atoms with E-state index in [0.29, 0.717) is 10.7 Å². The fraction of sp³-hybridized carbons (Fsp3) is 0.0625. The summed E-state index contributed by atoms with van der Waals surface area (Å²) in [6, 6.07) is 8.74. The zero-order valence-corrected chi connectivity index (χ0v) is 15.3. The molecule has 0 fully saturated rings. The number of fused-ring (bicyclic) bond motifs is 1. The predicted octanol–water partition coefficient (Wildman–Crippen LogP) is 3.36. The molecule has 0 aliphatic carbocycles. The number of hydrogen-bond acceptors (Lipinski definition) is 5. The van der Waals surface area contributed by atoms with Gasteiger partial charge in [-0.1, -0.05) is 27.5 Å². The molecule has 3 aromatic rings.